The molecule has 1 heterocycles. The summed E-state index contributed by atoms with van der Waals surface area (Å²) in [6.45, 7) is 3.82. The Morgan fingerprint density at radius 3 is 2.89 bits per heavy atom. The van der Waals surface area contributed by atoms with E-state index in [9.17, 15) is 10.1 Å². The molecule has 0 atom stereocenters. The second-order valence-corrected chi connectivity index (χ2v) is 8.03. The first-order valence-electron chi connectivity index (χ1n) is 8.84. The zero-order valence-electron chi connectivity index (χ0n) is 15.3. The lowest BCUT2D eigenvalue weighted by Gasteiger charge is -2.12. The van der Waals surface area contributed by atoms with Gasteiger partial charge in [0.1, 0.15) is 16.8 Å². The molecule has 1 aromatic carbocycles. The minimum atomic E-state index is -0.340. The SMILES string of the molecule is Cc1cccc(OCC(=O)NC(=S)Nc2sc3c(c2C#N)CCCC3)c1C. The third-order valence-corrected chi connectivity index (χ3v) is 6.09. The lowest BCUT2D eigenvalue weighted by atomic mass is 9.96. The Kier molecular flexibility index (Phi) is 6.09. The molecule has 0 spiro atoms. The van der Waals surface area contributed by atoms with Crippen molar-refractivity contribution < 1.29 is 9.53 Å². The van der Waals surface area contributed by atoms with Gasteiger partial charge in [0.15, 0.2) is 11.7 Å². The molecule has 140 valence electrons. The molecule has 1 aliphatic rings. The van der Waals surface area contributed by atoms with Crippen LogP contribution in [0.2, 0.25) is 0 Å². The molecule has 27 heavy (non-hydrogen) atoms. The Morgan fingerprint density at radius 2 is 2.11 bits per heavy atom. The van der Waals surface area contributed by atoms with Crippen molar-refractivity contribution in [2.24, 2.45) is 0 Å². The Morgan fingerprint density at radius 1 is 1.33 bits per heavy atom. The average molecular weight is 400 g/mol. The van der Waals surface area contributed by atoms with E-state index in [1.54, 1.807) is 11.3 Å². The number of fused-ring (bicyclic) bond motifs is 1. The Labute approximate surface area is 168 Å². The highest BCUT2D eigenvalue weighted by atomic mass is 32.1. The van der Waals surface area contributed by atoms with Gasteiger partial charge in [0.2, 0.25) is 0 Å². The van der Waals surface area contributed by atoms with Gasteiger partial charge in [0.25, 0.3) is 5.91 Å². The fraction of sp³-hybridized carbons (Fsp3) is 0.350. The summed E-state index contributed by atoms with van der Waals surface area (Å²) in [5, 5.41) is 16.0. The number of ether oxygens (including phenoxy) is 1. The summed E-state index contributed by atoms with van der Waals surface area (Å²) < 4.78 is 5.59. The maximum absolute atomic E-state index is 12.1. The van der Waals surface area contributed by atoms with Crippen molar-refractivity contribution >= 4 is 39.6 Å². The molecule has 0 fully saturated rings. The maximum atomic E-state index is 12.1. The van der Waals surface area contributed by atoms with Crippen molar-refractivity contribution in [1.29, 1.82) is 5.26 Å². The van der Waals surface area contributed by atoms with Crippen LogP contribution in [0.5, 0.6) is 5.75 Å². The zero-order valence-corrected chi connectivity index (χ0v) is 17.0. The van der Waals surface area contributed by atoms with Crippen LogP contribution >= 0.6 is 23.6 Å². The average Bonchev–Trinajstić information content (AvgIpc) is 2.99. The van der Waals surface area contributed by atoms with Gasteiger partial charge in [-0.1, -0.05) is 12.1 Å². The van der Waals surface area contributed by atoms with Crippen LogP contribution in [-0.4, -0.2) is 17.6 Å². The largest absolute Gasteiger partial charge is 0.483 e. The number of nitrogens with zero attached hydrogens (tertiary/aromatic N) is 1. The van der Waals surface area contributed by atoms with Gasteiger partial charge < -0.3 is 10.1 Å². The number of anilines is 1. The molecule has 7 heteroatoms. The van der Waals surface area contributed by atoms with Crippen molar-refractivity contribution in [2.75, 3.05) is 11.9 Å². The Balaban J connectivity index is 1.58. The summed E-state index contributed by atoms with van der Waals surface area (Å²) in [6.07, 6.45) is 4.18. The summed E-state index contributed by atoms with van der Waals surface area (Å²) in [5.41, 5.74) is 3.89. The van der Waals surface area contributed by atoms with Crippen LogP contribution in [0.4, 0.5) is 5.00 Å². The highest BCUT2D eigenvalue weighted by molar-refractivity contribution is 7.80. The highest BCUT2D eigenvalue weighted by Gasteiger charge is 2.21. The molecule has 1 amide bonds. The van der Waals surface area contributed by atoms with Gasteiger partial charge in [-0.05, 0) is 74.5 Å². The molecule has 0 unspecified atom stereocenters. The number of amides is 1. The number of thiophene rings is 1. The van der Waals surface area contributed by atoms with Crippen molar-refractivity contribution in [2.45, 2.75) is 39.5 Å². The van der Waals surface area contributed by atoms with Gasteiger partial charge in [0.05, 0.1) is 5.56 Å². The molecule has 0 bridgehead atoms. The molecule has 2 aromatic rings. The number of rotatable bonds is 4. The Bertz CT molecular complexity index is 928. The summed E-state index contributed by atoms with van der Waals surface area (Å²) in [6, 6.07) is 7.99. The van der Waals surface area contributed by atoms with Crippen LogP contribution in [-0.2, 0) is 17.6 Å². The molecular formula is C20H21N3O2S2. The second kappa shape index (κ2) is 8.51. The topological polar surface area (TPSA) is 74.2 Å². The number of thiocarbonyl (C=S) groups is 1. The van der Waals surface area contributed by atoms with Gasteiger partial charge in [-0.3, -0.25) is 10.1 Å². The van der Waals surface area contributed by atoms with Crippen LogP contribution in [0.15, 0.2) is 18.2 Å². The molecular weight excluding hydrogens is 378 g/mol. The predicted molar refractivity (Wildman–Crippen MR) is 111 cm³/mol. The number of carbonyl (C=O) groups is 1. The molecule has 0 saturated carbocycles. The van der Waals surface area contributed by atoms with Crippen LogP contribution in [0, 0.1) is 25.2 Å². The summed E-state index contributed by atoms with van der Waals surface area (Å²) >= 11 is 6.79. The molecule has 1 aromatic heterocycles. The van der Waals surface area contributed by atoms with Crippen molar-refractivity contribution in [3.05, 3.63) is 45.3 Å². The van der Waals surface area contributed by atoms with Crippen LogP contribution < -0.4 is 15.4 Å². The van der Waals surface area contributed by atoms with Gasteiger partial charge in [0, 0.05) is 4.88 Å². The van der Waals surface area contributed by atoms with Crippen molar-refractivity contribution in [3.8, 4) is 11.8 Å². The van der Waals surface area contributed by atoms with Crippen LogP contribution in [0.25, 0.3) is 0 Å². The fourth-order valence-corrected chi connectivity index (χ4v) is 4.62. The van der Waals surface area contributed by atoms with E-state index in [2.05, 4.69) is 16.7 Å². The number of hydrogen-bond acceptors (Lipinski definition) is 5. The van der Waals surface area contributed by atoms with Crippen LogP contribution in [0.1, 0.15) is 40.0 Å². The summed E-state index contributed by atoms with van der Waals surface area (Å²) in [4.78, 5) is 13.4. The lowest BCUT2D eigenvalue weighted by molar-refractivity contribution is -0.121. The molecule has 3 rings (SSSR count). The van der Waals surface area contributed by atoms with E-state index in [4.69, 9.17) is 17.0 Å². The number of benzene rings is 1. The van der Waals surface area contributed by atoms with Gasteiger partial charge in [-0.2, -0.15) is 5.26 Å². The first kappa shape index (κ1) is 19.3. The molecule has 1 aliphatic carbocycles. The minimum absolute atomic E-state index is 0.127. The first-order chi connectivity index (χ1) is 13.0. The van der Waals surface area contributed by atoms with E-state index < -0.39 is 0 Å². The maximum Gasteiger partial charge on any atom is 0.264 e. The molecule has 5 nitrogen and oxygen atoms in total. The normalized spacial score (nSPS) is 12.6. The number of aryl methyl sites for hydroxylation is 2. The highest BCUT2D eigenvalue weighted by Crippen LogP contribution is 2.37. The molecule has 0 saturated heterocycles. The summed E-state index contributed by atoms with van der Waals surface area (Å²) in [5.74, 6) is 0.343. The number of hydrogen-bond donors (Lipinski definition) is 2. The van der Waals surface area contributed by atoms with E-state index in [0.717, 1.165) is 42.4 Å². The third kappa shape index (κ3) is 4.46. The molecule has 2 N–H and O–H groups in total. The van der Waals surface area contributed by atoms with E-state index in [1.165, 1.54) is 4.88 Å². The van der Waals surface area contributed by atoms with Gasteiger partial charge >= 0.3 is 0 Å². The van der Waals surface area contributed by atoms with Gasteiger partial charge in [-0.15, -0.1) is 11.3 Å². The molecule has 0 radical (unpaired) electrons. The van der Waals surface area contributed by atoms with Crippen LogP contribution in [0.3, 0.4) is 0 Å². The minimum Gasteiger partial charge on any atom is -0.483 e. The fourth-order valence-electron chi connectivity index (χ4n) is 3.09. The zero-order chi connectivity index (χ0) is 19.4. The number of carbonyl (C=O) groups excluding carboxylic acids is 1. The second-order valence-electron chi connectivity index (χ2n) is 6.52. The summed E-state index contributed by atoms with van der Waals surface area (Å²) in [7, 11) is 0. The quantitative estimate of drug-likeness (QED) is 0.760. The van der Waals surface area contributed by atoms with E-state index in [-0.39, 0.29) is 17.6 Å². The van der Waals surface area contributed by atoms with Crippen molar-refractivity contribution in [1.82, 2.24) is 5.32 Å². The predicted octanol–water partition coefficient (Wildman–Crippen LogP) is 4.01. The molecule has 0 aliphatic heterocycles. The standard InChI is InChI=1S/C20H21N3O2S2/c1-12-6-5-8-16(13(12)2)25-11-18(24)22-20(26)23-19-15(10-21)14-7-3-4-9-17(14)27-19/h5-6,8H,3-4,7,9,11H2,1-2H3,(H2,22,23,24,26). The smallest absolute Gasteiger partial charge is 0.264 e. The van der Waals surface area contributed by atoms with E-state index in [0.29, 0.717) is 16.3 Å². The number of nitriles is 1. The lowest BCUT2D eigenvalue weighted by Crippen LogP contribution is -2.37. The monoisotopic (exact) mass is 399 g/mol. The van der Waals surface area contributed by atoms with Crippen molar-refractivity contribution in [3.63, 3.8) is 0 Å². The first-order valence-corrected chi connectivity index (χ1v) is 10.1. The Hall–Kier alpha value is -2.43. The van der Waals surface area contributed by atoms with E-state index >= 15 is 0 Å². The third-order valence-electron chi connectivity index (χ3n) is 4.68. The number of nitrogens with one attached hydrogen (secondary N) is 2. The van der Waals surface area contributed by atoms with E-state index in [1.807, 2.05) is 32.0 Å². The van der Waals surface area contributed by atoms with Gasteiger partial charge in [-0.25, -0.2) is 0 Å².